The number of methoxy groups -OCH3 is 1. The fourth-order valence-electron chi connectivity index (χ4n) is 3.47. The van der Waals surface area contributed by atoms with Gasteiger partial charge in [-0.05, 0) is 37.5 Å². The van der Waals surface area contributed by atoms with Crippen molar-refractivity contribution in [2.45, 2.75) is 49.6 Å². The number of hydrogen-bond acceptors (Lipinski definition) is 6. The second-order valence-corrected chi connectivity index (χ2v) is 8.48. The molecule has 2 aromatic heterocycles. The van der Waals surface area contributed by atoms with E-state index >= 15 is 0 Å². The highest BCUT2D eigenvalue weighted by Gasteiger charge is 2.37. The molecule has 1 aliphatic carbocycles. The summed E-state index contributed by atoms with van der Waals surface area (Å²) in [5.41, 5.74) is -0.0549. The van der Waals surface area contributed by atoms with Crippen LogP contribution in [-0.4, -0.2) is 38.2 Å². The number of thioether (sulfide) groups is 1. The van der Waals surface area contributed by atoms with Gasteiger partial charge in [-0.15, -0.1) is 0 Å². The average molecular weight is 466 g/mol. The zero-order valence-electron chi connectivity index (χ0n) is 17.3. The molecule has 0 aliphatic heterocycles. The number of carbonyl (C=O) groups is 1. The van der Waals surface area contributed by atoms with Crippen LogP contribution < -0.4 is 5.56 Å². The first-order valence-electron chi connectivity index (χ1n) is 10.1. The van der Waals surface area contributed by atoms with Gasteiger partial charge in [-0.3, -0.25) is 18.8 Å². The summed E-state index contributed by atoms with van der Waals surface area (Å²) in [5, 5.41) is 4.56. The molecule has 0 radical (unpaired) electrons. The van der Waals surface area contributed by atoms with Gasteiger partial charge in [-0.25, -0.2) is 4.98 Å². The van der Waals surface area contributed by atoms with Crippen molar-refractivity contribution in [3.63, 3.8) is 0 Å². The van der Waals surface area contributed by atoms with Crippen molar-refractivity contribution in [2.75, 3.05) is 12.9 Å². The molecule has 1 fully saturated rings. The minimum atomic E-state index is -4.49. The largest absolute Gasteiger partial charge is 0.468 e. The van der Waals surface area contributed by atoms with Crippen LogP contribution in [0.1, 0.15) is 36.6 Å². The van der Waals surface area contributed by atoms with Gasteiger partial charge in [0.2, 0.25) is 0 Å². The number of halogens is 3. The number of alkyl halides is 3. The lowest BCUT2D eigenvalue weighted by molar-refractivity contribution is -0.141. The van der Waals surface area contributed by atoms with Crippen molar-refractivity contribution in [2.24, 2.45) is 0 Å². The van der Waals surface area contributed by atoms with E-state index in [1.54, 1.807) is 24.3 Å². The molecule has 11 heteroatoms. The smallest absolute Gasteiger partial charge is 0.435 e. The van der Waals surface area contributed by atoms with Gasteiger partial charge in [0.15, 0.2) is 10.9 Å². The fraction of sp³-hybridized carbons (Fsp3) is 0.429. The van der Waals surface area contributed by atoms with Crippen molar-refractivity contribution in [1.82, 2.24) is 19.3 Å². The third kappa shape index (κ3) is 4.82. The molecule has 1 saturated carbocycles. The number of nitrogens with zero attached hydrogens (tertiary/aromatic N) is 4. The highest BCUT2D eigenvalue weighted by Crippen LogP contribution is 2.42. The van der Waals surface area contributed by atoms with Crippen LogP contribution in [0.5, 0.6) is 0 Å². The number of benzene rings is 1. The van der Waals surface area contributed by atoms with Crippen LogP contribution in [0.3, 0.4) is 0 Å². The summed E-state index contributed by atoms with van der Waals surface area (Å²) in [7, 11) is 1.28. The second-order valence-electron chi connectivity index (χ2n) is 7.54. The normalized spacial score (nSPS) is 14.1. The molecule has 0 saturated heterocycles. The van der Waals surface area contributed by atoms with Gasteiger partial charge in [0.25, 0.3) is 5.56 Å². The van der Waals surface area contributed by atoms with Crippen LogP contribution in [0, 0.1) is 0 Å². The van der Waals surface area contributed by atoms with Crippen molar-refractivity contribution in [3.8, 4) is 0 Å². The standard InChI is InChI=1S/C21H21F3N4O3S/c1-31-18(29)12-32-20-25-15-6-3-2-5-14(15)19(30)27(20)9-4-10-28-16(13-7-8-13)11-17(26-28)21(22,23)24/h2-3,5-6,11,13H,4,7-10,12H2,1H3. The van der Waals surface area contributed by atoms with E-state index in [0.29, 0.717) is 28.2 Å². The van der Waals surface area contributed by atoms with Gasteiger partial charge in [0.1, 0.15) is 0 Å². The maximum Gasteiger partial charge on any atom is 0.435 e. The highest BCUT2D eigenvalue weighted by atomic mass is 32.2. The molecule has 4 rings (SSSR count). The molecule has 0 unspecified atom stereocenters. The van der Waals surface area contributed by atoms with Crippen molar-refractivity contribution in [1.29, 1.82) is 0 Å². The molecular weight excluding hydrogens is 445 g/mol. The summed E-state index contributed by atoms with van der Waals surface area (Å²) in [4.78, 5) is 29.1. The molecule has 0 amide bonds. The summed E-state index contributed by atoms with van der Waals surface area (Å²) in [5.74, 6) is -0.356. The molecule has 0 spiro atoms. The Bertz CT molecular complexity index is 1200. The molecule has 0 atom stereocenters. The molecule has 2 heterocycles. The number of rotatable bonds is 8. The van der Waals surface area contributed by atoms with Crippen LogP contribution in [-0.2, 0) is 28.8 Å². The van der Waals surface area contributed by atoms with Crippen LogP contribution >= 0.6 is 11.8 Å². The number of ether oxygens (including phenoxy) is 1. The molecule has 170 valence electrons. The highest BCUT2D eigenvalue weighted by molar-refractivity contribution is 7.99. The first-order valence-corrected chi connectivity index (χ1v) is 11.1. The maximum absolute atomic E-state index is 13.1. The predicted molar refractivity (Wildman–Crippen MR) is 113 cm³/mol. The Morgan fingerprint density at radius 3 is 2.69 bits per heavy atom. The molecular formula is C21H21F3N4O3S. The lowest BCUT2D eigenvalue weighted by atomic mass is 10.2. The Morgan fingerprint density at radius 2 is 2.00 bits per heavy atom. The minimum absolute atomic E-state index is 0.0127. The van der Waals surface area contributed by atoms with Crippen LogP contribution in [0.25, 0.3) is 10.9 Å². The SMILES string of the molecule is COC(=O)CSc1nc2ccccc2c(=O)n1CCCn1nc(C(F)(F)F)cc1C1CC1. The van der Waals surface area contributed by atoms with E-state index < -0.39 is 17.8 Å². The second kappa shape index (κ2) is 8.97. The van der Waals surface area contributed by atoms with E-state index in [1.807, 2.05) is 0 Å². The lowest BCUT2D eigenvalue weighted by Crippen LogP contribution is -2.24. The van der Waals surface area contributed by atoms with E-state index in [-0.39, 0.29) is 30.3 Å². The summed E-state index contributed by atoms with van der Waals surface area (Å²) in [6.45, 7) is 0.466. The molecule has 32 heavy (non-hydrogen) atoms. The zero-order chi connectivity index (χ0) is 22.9. The number of fused-ring (bicyclic) bond motifs is 1. The zero-order valence-corrected chi connectivity index (χ0v) is 18.1. The summed E-state index contributed by atoms with van der Waals surface area (Å²) < 4.78 is 46.9. The number of esters is 1. The number of hydrogen-bond donors (Lipinski definition) is 0. The topological polar surface area (TPSA) is 79.0 Å². The average Bonchev–Trinajstić information content (AvgIpc) is 3.52. The first-order chi connectivity index (χ1) is 15.3. The van der Waals surface area contributed by atoms with Gasteiger partial charge < -0.3 is 4.74 Å². The van der Waals surface area contributed by atoms with Crippen LogP contribution in [0.15, 0.2) is 40.3 Å². The maximum atomic E-state index is 13.1. The number of carbonyl (C=O) groups excluding carboxylic acids is 1. The number of aromatic nitrogens is 4. The Hall–Kier alpha value is -2.82. The van der Waals surface area contributed by atoms with E-state index in [2.05, 4.69) is 14.8 Å². The quantitative estimate of drug-likeness (QED) is 0.285. The number of aryl methyl sites for hydroxylation is 1. The van der Waals surface area contributed by atoms with Gasteiger partial charge in [-0.1, -0.05) is 23.9 Å². The molecule has 1 aromatic carbocycles. The number of para-hydroxylation sites is 1. The minimum Gasteiger partial charge on any atom is -0.468 e. The van der Waals surface area contributed by atoms with Crippen molar-refractivity contribution < 1.29 is 22.7 Å². The molecule has 3 aromatic rings. The lowest BCUT2D eigenvalue weighted by Gasteiger charge is -2.13. The van der Waals surface area contributed by atoms with Crippen LogP contribution in [0.4, 0.5) is 13.2 Å². The van der Waals surface area contributed by atoms with Crippen molar-refractivity contribution >= 4 is 28.6 Å². The van der Waals surface area contributed by atoms with Crippen LogP contribution in [0.2, 0.25) is 0 Å². The molecule has 1 aliphatic rings. The fourth-order valence-corrected chi connectivity index (χ4v) is 4.33. The Morgan fingerprint density at radius 1 is 1.25 bits per heavy atom. The first kappa shape index (κ1) is 22.4. The summed E-state index contributed by atoms with van der Waals surface area (Å²) in [6, 6.07) is 8.02. The Balaban J connectivity index is 1.57. The monoisotopic (exact) mass is 466 g/mol. The van der Waals surface area contributed by atoms with Gasteiger partial charge in [-0.2, -0.15) is 18.3 Å². The Labute approximate surface area is 185 Å². The third-order valence-corrected chi connectivity index (χ3v) is 6.17. The van der Waals surface area contributed by atoms with Gasteiger partial charge >= 0.3 is 12.1 Å². The van der Waals surface area contributed by atoms with E-state index in [0.717, 1.165) is 30.7 Å². The molecule has 7 nitrogen and oxygen atoms in total. The molecule has 0 N–H and O–H groups in total. The molecule has 0 bridgehead atoms. The Kier molecular flexibility index (Phi) is 6.27. The van der Waals surface area contributed by atoms with Gasteiger partial charge in [0.05, 0.1) is 23.8 Å². The van der Waals surface area contributed by atoms with E-state index in [4.69, 9.17) is 0 Å². The summed E-state index contributed by atoms with van der Waals surface area (Å²) >= 11 is 1.09. The predicted octanol–water partition coefficient (Wildman–Crippen LogP) is 3.84. The summed E-state index contributed by atoms with van der Waals surface area (Å²) in [6.07, 6.45) is -2.41. The van der Waals surface area contributed by atoms with E-state index in [9.17, 15) is 22.8 Å². The van der Waals surface area contributed by atoms with E-state index in [1.165, 1.54) is 16.4 Å². The van der Waals surface area contributed by atoms with Gasteiger partial charge in [0, 0.05) is 24.7 Å². The third-order valence-electron chi connectivity index (χ3n) is 5.22. The van der Waals surface area contributed by atoms with Crippen molar-refractivity contribution in [3.05, 3.63) is 52.1 Å².